The highest BCUT2D eigenvalue weighted by Gasteiger charge is 2.21. The molecule has 0 fully saturated rings. The molecule has 0 radical (unpaired) electrons. The minimum absolute atomic E-state index is 0.0332. The van der Waals surface area contributed by atoms with Gasteiger partial charge in [0, 0.05) is 15.7 Å². The maximum atomic E-state index is 11.6. The number of benzene rings is 2. The van der Waals surface area contributed by atoms with Gasteiger partial charge in [-0.1, -0.05) is 30.3 Å². The van der Waals surface area contributed by atoms with Crippen LogP contribution in [0.5, 0.6) is 5.75 Å². The van der Waals surface area contributed by atoms with E-state index in [9.17, 15) is 9.90 Å². The van der Waals surface area contributed by atoms with Crippen LogP contribution >= 0.6 is 15.9 Å². The molecular weight excluding hydrogens is 308 g/mol. The molecule has 98 valence electrons. The molecule has 2 rings (SSSR count). The maximum Gasteiger partial charge on any atom is 0.244 e. The molecule has 0 heterocycles. The van der Waals surface area contributed by atoms with Crippen molar-refractivity contribution in [1.82, 2.24) is 0 Å². The highest BCUT2D eigenvalue weighted by atomic mass is 79.9. The van der Waals surface area contributed by atoms with Gasteiger partial charge in [-0.05, 0) is 34.1 Å². The molecule has 4 N–H and O–H groups in total. The van der Waals surface area contributed by atoms with Gasteiger partial charge in [0.15, 0.2) is 0 Å². The van der Waals surface area contributed by atoms with Crippen LogP contribution in [0.2, 0.25) is 0 Å². The molecule has 0 aliphatic rings. The van der Waals surface area contributed by atoms with Crippen molar-refractivity contribution in [1.29, 1.82) is 0 Å². The van der Waals surface area contributed by atoms with Gasteiger partial charge in [0.2, 0.25) is 5.91 Å². The predicted molar refractivity (Wildman–Crippen MR) is 77.8 cm³/mol. The fourth-order valence-electron chi connectivity index (χ4n) is 1.77. The molecule has 0 aliphatic carbocycles. The van der Waals surface area contributed by atoms with Gasteiger partial charge in [0.1, 0.15) is 11.8 Å². The Morgan fingerprint density at radius 2 is 1.79 bits per heavy atom. The van der Waals surface area contributed by atoms with Crippen LogP contribution in [-0.2, 0) is 4.79 Å². The molecule has 2 aromatic rings. The number of phenolic OH excluding ortho intramolecular Hbond substituents is 1. The fourth-order valence-corrected chi connectivity index (χ4v) is 2.17. The lowest BCUT2D eigenvalue weighted by Gasteiger charge is -2.19. The van der Waals surface area contributed by atoms with Crippen LogP contribution in [0.15, 0.2) is 53.0 Å². The van der Waals surface area contributed by atoms with Crippen molar-refractivity contribution < 1.29 is 9.90 Å². The number of nitrogens with two attached hydrogens (primary N) is 1. The molecule has 0 aromatic heterocycles. The molecule has 4 nitrogen and oxygen atoms in total. The van der Waals surface area contributed by atoms with E-state index in [0.717, 1.165) is 10.2 Å². The molecule has 2 aromatic carbocycles. The van der Waals surface area contributed by atoms with E-state index in [1.54, 1.807) is 18.2 Å². The zero-order valence-electron chi connectivity index (χ0n) is 10.0. The summed E-state index contributed by atoms with van der Waals surface area (Å²) in [5.74, 6) is -0.525. The lowest BCUT2D eigenvalue weighted by atomic mass is 10.0. The van der Waals surface area contributed by atoms with Crippen LogP contribution in [0.25, 0.3) is 0 Å². The Balaban J connectivity index is 2.35. The average molecular weight is 321 g/mol. The number of hydrogen-bond acceptors (Lipinski definition) is 3. The van der Waals surface area contributed by atoms with E-state index in [0.29, 0.717) is 5.56 Å². The van der Waals surface area contributed by atoms with Crippen molar-refractivity contribution in [3.63, 3.8) is 0 Å². The maximum absolute atomic E-state index is 11.6. The van der Waals surface area contributed by atoms with E-state index in [-0.39, 0.29) is 5.75 Å². The first-order chi connectivity index (χ1) is 9.09. The Bertz CT molecular complexity index is 602. The summed E-state index contributed by atoms with van der Waals surface area (Å²) in [6, 6.07) is 13.2. The minimum Gasteiger partial charge on any atom is -0.508 e. The molecule has 5 heteroatoms. The average Bonchev–Trinajstić information content (AvgIpc) is 2.38. The summed E-state index contributed by atoms with van der Waals surface area (Å²) in [6.45, 7) is 0. The van der Waals surface area contributed by atoms with Crippen molar-refractivity contribution in [3.8, 4) is 5.75 Å². The topological polar surface area (TPSA) is 75.4 Å². The number of hydrogen-bond donors (Lipinski definition) is 3. The van der Waals surface area contributed by atoms with Crippen molar-refractivity contribution >= 4 is 27.5 Å². The van der Waals surface area contributed by atoms with Gasteiger partial charge in [0.25, 0.3) is 0 Å². The zero-order chi connectivity index (χ0) is 13.8. The van der Waals surface area contributed by atoms with E-state index >= 15 is 0 Å². The van der Waals surface area contributed by atoms with Crippen LogP contribution in [0.1, 0.15) is 11.6 Å². The number of carbonyl (C=O) groups is 1. The second-order valence-electron chi connectivity index (χ2n) is 4.02. The van der Waals surface area contributed by atoms with E-state index < -0.39 is 11.9 Å². The normalized spacial score (nSPS) is 11.8. The lowest BCUT2D eigenvalue weighted by Crippen LogP contribution is -2.27. The summed E-state index contributed by atoms with van der Waals surface area (Å²) in [6.07, 6.45) is 0. The van der Waals surface area contributed by atoms with Gasteiger partial charge < -0.3 is 16.2 Å². The molecule has 0 spiro atoms. The summed E-state index contributed by atoms with van der Waals surface area (Å²) in [5.41, 5.74) is 6.59. The van der Waals surface area contributed by atoms with Crippen LogP contribution in [0, 0.1) is 0 Å². The van der Waals surface area contributed by atoms with Crippen LogP contribution in [0.3, 0.4) is 0 Å². The Kier molecular flexibility index (Phi) is 4.06. The third-order valence-corrected chi connectivity index (χ3v) is 3.40. The SMILES string of the molecule is NC(=O)C(Nc1ccccc1Br)c1ccccc1O. The summed E-state index contributed by atoms with van der Waals surface area (Å²) in [5, 5.41) is 12.8. The van der Waals surface area contributed by atoms with Crippen molar-refractivity contribution in [2.24, 2.45) is 5.73 Å². The third kappa shape index (κ3) is 3.06. The number of amides is 1. The molecule has 1 atom stereocenters. The molecule has 0 saturated carbocycles. The Hall–Kier alpha value is -2.01. The number of nitrogens with one attached hydrogen (secondary N) is 1. The van der Waals surface area contributed by atoms with Crippen LogP contribution in [0.4, 0.5) is 5.69 Å². The van der Waals surface area contributed by atoms with Crippen LogP contribution in [-0.4, -0.2) is 11.0 Å². The third-order valence-electron chi connectivity index (χ3n) is 2.71. The van der Waals surface area contributed by atoms with Crippen molar-refractivity contribution in [2.75, 3.05) is 5.32 Å². The number of phenols is 1. The van der Waals surface area contributed by atoms with Gasteiger partial charge in [0.05, 0.1) is 0 Å². The standard InChI is InChI=1S/C14H13BrN2O2/c15-10-6-2-3-7-11(10)17-13(14(16)19)9-5-1-4-8-12(9)18/h1-8,13,17-18H,(H2,16,19). The smallest absolute Gasteiger partial charge is 0.244 e. The van der Waals surface area contributed by atoms with Crippen molar-refractivity contribution in [3.05, 3.63) is 58.6 Å². The van der Waals surface area contributed by atoms with Crippen molar-refractivity contribution in [2.45, 2.75) is 6.04 Å². The summed E-state index contributed by atoms with van der Waals surface area (Å²) < 4.78 is 0.816. The second kappa shape index (κ2) is 5.75. The molecule has 0 saturated heterocycles. The largest absolute Gasteiger partial charge is 0.508 e. The molecule has 0 aliphatic heterocycles. The number of primary amides is 1. The first-order valence-corrected chi connectivity index (χ1v) is 6.47. The molecule has 1 unspecified atom stereocenters. The first kappa shape index (κ1) is 13.4. The van der Waals surface area contributed by atoms with E-state index in [1.807, 2.05) is 24.3 Å². The monoisotopic (exact) mass is 320 g/mol. The second-order valence-corrected chi connectivity index (χ2v) is 4.87. The van der Waals surface area contributed by atoms with Gasteiger partial charge >= 0.3 is 0 Å². The Morgan fingerprint density at radius 3 is 2.42 bits per heavy atom. The lowest BCUT2D eigenvalue weighted by molar-refractivity contribution is -0.118. The molecule has 19 heavy (non-hydrogen) atoms. The van der Waals surface area contributed by atoms with Gasteiger partial charge in [-0.2, -0.15) is 0 Å². The number of anilines is 1. The molecular formula is C14H13BrN2O2. The molecule has 1 amide bonds. The number of halogens is 1. The Morgan fingerprint density at radius 1 is 1.16 bits per heavy atom. The number of para-hydroxylation sites is 2. The summed E-state index contributed by atoms with van der Waals surface area (Å²) in [4.78, 5) is 11.6. The fraction of sp³-hybridized carbons (Fsp3) is 0.0714. The quantitative estimate of drug-likeness (QED) is 0.810. The highest BCUT2D eigenvalue weighted by Crippen LogP contribution is 2.29. The summed E-state index contributed by atoms with van der Waals surface area (Å²) >= 11 is 3.39. The predicted octanol–water partition coefficient (Wildman–Crippen LogP) is 2.79. The van der Waals surface area contributed by atoms with Gasteiger partial charge in [-0.15, -0.1) is 0 Å². The van der Waals surface area contributed by atoms with Gasteiger partial charge in [-0.25, -0.2) is 0 Å². The molecule has 0 bridgehead atoms. The number of carbonyl (C=O) groups excluding carboxylic acids is 1. The number of rotatable bonds is 4. The first-order valence-electron chi connectivity index (χ1n) is 5.68. The highest BCUT2D eigenvalue weighted by molar-refractivity contribution is 9.10. The summed E-state index contributed by atoms with van der Waals surface area (Å²) in [7, 11) is 0. The van der Waals surface area contributed by atoms with Gasteiger partial charge in [-0.3, -0.25) is 4.79 Å². The van der Waals surface area contributed by atoms with E-state index in [1.165, 1.54) is 6.07 Å². The van der Waals surface area contributed by atoms with E-state index in [2.05, 4.69) is 21.2 Å². The zero-order valence-corrected chi connectivity index (χ0v) is 11.6. The van der Waals surface area contributed by atoms with Crippen LogP contribution < -0.4 is 11.1 Å². The minimum atomic E-state index is -0.792. The number of aromatic hydroxyl groups is 1. The Labute approximate surface area is 119 Å². The van der Waals surface area contributed by atoms with E-state index in [4.69, 9.17) is 5.73 Å².